The van der Waals surface area contributed by atoms with Crippen molar-refractivity contribution in [2.45, 2.75) is 44.1 Å². The molecule has 0 spiro atoms. The second-order valence-corrected chi connectivity index (χ2v) is 7.56. The van der Waals surface area contributed by atoms with E-state index < -0.39 is 0 Å². The van der Waals surface area contributed by atoms with Gasteiger partial charge in [0.15, 0.2) is 0 Å². The Balaban J connectivity index is 1.65. The van der Waals surface area contributed by atoms with Crippen molar-refractivity contribution in [3.8, 4) is 6.07 Å². The number of anilines is 1. The van der Waals surface area contributed by atoms with Gasteiger partial charge in [-0.1, -0.05) is 11.6 Å². The molecule has 20 heavy (non-hydrogen) atoms. The third-order valence-corrected chi connectivity index (χ3v) is 5.78. The van der Waals surface area contributed by atoms with E-state index in [4.69, 9.17) is 11.6 Å². The van der Waals surface area contributed by atoms with Crippen LogP contribution in [0.1, 0.15) is 44.1 Å². The zero-order chi connectivity index (χ0) is 13.7. The van der Waals surface area contributed by atoms with Crippen LogP contribution in [0.2, 0.25) is 5.02 Å². The van der Waals surface area contributed by atoms with Crippen LogP contribution in [0.5, 0.6) is 0 Å². The van der Waals surface area contributed by atoms with Gasteiger partial charge in [0.1, 0.15) is 6.07 Å². The smallest absolute Gasteiger partial charge is 0.101 e. The molecule has 0 aromatic heterocycles. The summed E-state index contributed by atoms with van der Waals surface area (Å²) >= 11 is 5.99. The number of hydrogen-bond acceptors (Lipinski definition) is 2. The van der Waals surface area contributed by atoms with E-state index in [1.165, 1.54) is 38.5 Å². The van der Waals surface area contributed by atoms with Gasteiger partial charge < -0.3 is 5.32 Å². The van der Waals surface area contributed by atoms with Crippen LogP contribution in [0, 0.1) is 29.1 Å². The SMILES string of the molecule is N#Cc1cc(Cl)ccc1NC12CC3CC(CC(C3)C1)C2. The van der Waals surface area contributed by atoms with Gasteiger partial charge in [0.05, 0.1) is 11.3 Å². The summed E-state index contributed by atoms with van der Waals surface area (Å²) in [5, 5.41) is 13.7. The third kappa shape index (κ3) is 2.00. The lowest BCUT2D eigenvalue weighted by Gasteiger charge is -2.57. The van der Waals surface area contributed by atoms with Crippen LogP contribution in [0.3, 0.4) is 0 Å². The van der Waals surface area contributed by atoms with Crippen molar-refractivity contribution in [3.05, 3.63) is 28.8 Å². The monoisotopic (exact) mass is 286 g/mol. The molecular weight excluding hydrogens is 268 g/mol. The molecule has 0 atom stereocenters. The fourth-order valence-electron chi connectivity index (χ4n) is 5.27. The molecule has 2 nitrogen and oxygen atoms in total. The molecule has 0 amide bonds. The van der Waals surface area contributed by atoms with Gasteiger partial charge in [-0.05, 0) is 74.5 Å². The lowest BCUT2D eigenvalue weighted by atomic mass is 9.53. The van der Waals surface area contributed by atoms with Crippen LogP contribution < -0.4 is 5.32 Å². The summed E-state index contributed by atoms with van der Waals surface area (Å²) in [5.74, 6) is 2.73. The highest BCUT2D eigenvalue weighted by molar-refractivity contribution is 6.30. The van der Waals surface area contributed by atoms with E-state index in [-0.39, 0.29) is 5.54 Å². The summed E-state index contributed by atoms with van der Waals surface area (Å²) in [6.45, 7) is 0. The Kier molecular flexibility index (Phi) is 2.76. The van der Waals surface area contributed by atoms with Gasteiger partial charge in [-0.3, -0.25) is 0 Å². The van der Waals surface area contributed by atoms with E-state index in [2.05, 4.69) is 11.4 Å². The number of rotatable bonds is 2. The van der Waals surface area contributed by atoms with E-state index in [1.807, 2.05) is 12.1 Å². The molecule has 0 heterocycles. The van der Waals surface area contributed by atoms with E-state index >= 15 is 0 Å². The highest BCUT2D eigenvalue weighted by Gasteiger charge is 2.50. The minimum atomic E-state index is 0.244. The molecule has 1 aromatic carbocycles. The largest absolute Gasteiger partial charge is 0.379 e. The van der Waals surface area contributed by atoms with Gasteiger partial charge in [-0.25, -0.2) is 0 Å². The summed E-state index contributed by atoms with van der Waals surface area (Å²) in [5.41, 5.74) is 1.89. The van der Waals surface area contributed by atoms with E-state index in [0.29, 0.717) is 10.6 Å². The first-order valence-corrected chi connectivity index (χ1v) is 8.01. The molecule has 0 radical (unpaired) electrons. The highest BCUT2D eigenvalue weighted by Crippen LogP contribution is 2.56. The Hall–Kier alpha value is -1.20. The normalized spacial score (nSPS) is 37.7. The second-order valence-electron chi connectivity index (χ2n) is 7.12. The van der Waals surface area contributed by atoms with Gasteiger partial charge in [0.25, 0.3) is 0 Å². The maximum Gasteiger partial charge on any atom is 0.101 e. The molecule has 4 saturated carbocycles. The number of halogens is 1. The standard InChI is InChI=1S/C17H19ClN2/c18-15-1-2-16(14(6-15)10-19)20-17-7-11-3-12(8-17)5-13(4-11)9-17/h1-2,6,11-13,20H,3-5,7-9H2. The summed E-state index contributed by atoms with van der Waals surface area (Å²) in [6, 6.07) is 7.89. The molecule has 104 valence electrons. The van der Waals surface area contributed by atoms with Gasteiger partial charge in [-0.2, -0.15) is 5.26 Å². The maximum atomic E-state index is 9.31. The molecular formula is C17H19ClN2. The second kappa shape index (κ2) is 4.40. The van der Waals surface area contributed by atoms with Crippen LogP contribution in [0.4, 0.5) is 5.69 Å². The molecule has 3 heteroatoms. The van der Waals surface area contributed by atoms with Gasteiger partial charge in [0.2, 0.25) is 0 Å². The van der Waals surface area contributed by atoms with Crippen LogP contribution in [0.15, 0.2) is 18.2 Å². The van der Waals surface area contributed by atoms with Crippen molar-refractivity contribution in [1.82, 2.24) is 0 Å². The minimum absolute atomic E-state index is 0.244. The van der Waals surface area contributed by atoms with Crippen molar-refractivity contribution in [1.29, 1.82) is 5.26 Å². The number of hydrogen-bond donors (Lipinski definition) is 1. The molecule has 0 saturated heterocycles. The molecule has 0 unspecified atom stereocenters. The molecule has 4 aliphatic carbocycles. The zero-order valence-electron chi connectivity index (χ0n) is 11.5. The number of benzene rings is 1. The molecule has 5 rings (SSSR count). The van der Waals surface area contributed by atoms with E-state index in [0.717, 1.165) is 23.4 Å². The first-order chi connectivity index (χ1) is 9.66. The van der Waals surface area contributed by atoms with Gasteiger partial charge in [-0.15, -0.1) is 0 Å². The predicted octanol–water partition coefficient (Wildman–Crippen LogP) is 4.59. The fourth-order valence-corrected chi connectivity index (χ4v) is 5.44. The quantitative estimate of drug-likeness (QED) is 0.863. The van der Waals surface area contributed by atoms with Crippen LogP contribution in [-0.4, -0.2) is 5.54 Å². The van der Waals surface area contributed by atoms with Gasteiger partial charge in [0, 0.05) is 10.6 Å². The van der Waals surface area contributed by atoms with E-state index in [9.17, 15) is 5.26 Å². The predicted molar refractivity (Wildman–Crippen MR) is 80.7 cm³/mol. The Bertz CT molecular complexity index is 552. The zero-order valence-corrected chi connectivity index (χ0v) is 12.3. The first-order valence-electron chi connectivity index (χ1n) is 7.64. The summed E-state index contributed by atoms with van der Waals surface area (Å²) in [6.07, 6.45) is 8.16. The molecule has 4 fully saturated rings. The van der Waals surface area contributed by atoms with Crippen LogP contribution >= 0.6 is 11.6 Å². The number of nitrogens with zero attached hydrogens (tertiary/aromatic N) is 1. The molecule has 1 aromatic rings. The van der Waals surface area contributed by atoms with Crippen LogP contribution in [0.25, 0.3) is 0 Å². The van der Waals surface area contributed by atoms with Crippen molar-refractivity contribution in [3.63, 3.8) is 0 Å². The Morgan fingerprint density at radius 3 is 2.25 bits per heavy atom. The van der Waals surface area contributed by atoms with Crippen molar-refractivity contribution >= 4 is 17.3 Å². The number of nitrogens with one attached hydrogen (secondary N) is 1. The number of nitriles is 1. The Morgan fingerprint density at radius 1 is 1.10 bits per heavy atom. The average Bonchev–Trinajstić information content (AvgIpc) is 2.39. The van der Waals surface area contributed by atoms with Crippen LogP contribution in [-0.2, 0) is 0 Å². The summed E-state index contributed by atoms with van der Waals surface area (Å²) in [4.78, 5) is 0. The fraction of sp³-hybridized carbons (Fsp3) is 0.588. The summed E-state index contributed by atoms with van der Waals surface area (Å²) < 4.78 is 0. The highest BCUT2D eigenvalue weighted by atomic mass is 35.5. The lowest BCUT2D eigenvalue weighted by molar-refractivity contribution is 0.0107. The topological polar surface area (TPSA) is 35.8 Å². The van der Waals surface area contributed by atoms with E-state index in [1.54, 1.807) is 6.07 Å². The molecule has 4 bridgehead atoms. The molecule has 0 aliphatic heterocycles. The molecule has 1 N–H and O–H groups in total. The lowest BCUT2D eigenvalue weighted by Crippen LogP contribution is -2.54. The van der Waals surface area contributed by atoms with Crippen molar-refractivity contribution in [2.75, 3.05) is 5.32 Å². The molecule has 4 aliphatic rings. The average molecular weight is 287 g/mol. The summed E-state index contributed by atoms with van der Waals surface area (Å²) in [7, 11) is 0. The first kappa shape index (κ1) is 12.5. The third-order valence-electron chi connectivity index (χ3n) is 5.54. The van der Waals surface area contributed by atoms with Gasteiger partial charge >= 0.3 is 0 Å². The minimum Gasteiger partial charge on any atom is -0.379 e. The Morgan fingerprint density at radius 2 is 1.70 bits per heavy atom. The maximum absolute atomic E-state index is 9.31. The van der Waals surface area contributed by atoms with Crippen molar-refractivity contribution < 1.29 is 0 Å². The Labute approximate surface area is 125 Å². The van der Waals surface area contributed by atoms with Crippen molar-refractivity contribution in [2.24, 2.45) is 17.8 Å².